The summed E-state index contributed by atoms with van der Waals surface area (Å²) in [6.45, 7) is 6.80. The molecule has 0 fully saturated rings. The van der Waals surface area contributed by atoms with Crippen LogP contribution < -0.4 is 0 Å². The zero-order valence-electron chi connectivity index (χ0n) is 15.0. The molecule has 0 bridgehead atoms. The first-order valence-corrected chi connectivity index (χ1v) is 9.16. The third-order valence-electron chi connectivity index (χ3n) is 4.27. The summed E-state index contributed by atoms with van der Waals surface area (Å²) in [6, 6.07) is 14.5. The summed E-state index contributed by atoms with van der Waals surface area (Å²) in [5.41, 5.74) is 6.37. The summed E-state index contributed by atoms with van der Waals surface area (Å²) >= 11 is 1.51. The first kappa shape index (κ1) is 17.4. The van der Waals surface area contributed by atoms with Gasteiger partial charge in [-0.25, -0.2) is 4.98 Å². The van der Waals surface area contributed by atoms with Crippen LogP contribution in [0.1, 0.15) is 32.7 Å². The molecule has 25 heavy (non-hydrogen) atoms. The third-order valence-corrected chi connectivity index (χ3v) is 5.17. The molecule has 0 atom stereocenters. The average Bonchev–Trinajstić information content (AvgIpc) is 3.07. The summed E-state index contributed by atoms with van der Waals surface area (Å²) < 4.78 is 0. The molecule has 4 heteroatoms. The summed E-state index contributed by atoms with van der Waals surface area (Å²) in [6.07, 6.45) is 0. The van der Waals surface area contributed by atoms with Crippen LogP contribution in [-0.2, 0) is 6.54 Å². The average molecular weight is 350 g/mol. The van der Waals surface area contributed by atoms with E-state index in [2.05, 4.69) is 56.1 Å². The molecule has 0 saturated carbocycles. The summed E-state index contributed by atoms with van der Waals surface area (Å²) in [5, 5.41) is 2.72. The molecule has 3 nitrogen and oxygen atoms in total. The Balaban J connectivity index is 1.75. The van der Waals surface area contributed by atoms with Gasteiger partial charge in [-0.1, -0.05) is 53.6 Å². The number of hydrogen-bond donors (Lipinski definition) is 0. The number of rotatable bonds is 4. The van der Waals surface area contributed by atoms with Gasteiger partial charge in [0.1, 0.15) is 10.7 Å². The maximum absolute atomic E-state index is 12.7. The number of hydrogen-bond acceptors (Lipinski definition) is 3. The Hall–Kier alpha value is -2.46. The Morgan fingerprint density at radius 2 is 1.72 bits per heavy atom. The van der Waals surface area contributed by atoms with Gasteiger partial charge in [0.05, 0.1) is 0 Å². The van der Waals surface area contributed by atoms with Crippen LogP contribution in [0.5, 0.6) is 0 Å². The first-order valence-electron chi connectivity index (χ1n) is 8.28. The maximum atomic E-state index is 12.7. The molecule has 1 heterocycles. The van der Waals surface area contributed by atoms with Crippen molar-refractivity contribution in [2.24, 2.45) is 0 Å². The number of amides is 1. The Morgan fingerprint density at radius 3 is 2.40 bits per heavy atom. The van der Waals surface area contributed by atoms with E-state index in [9.17, 15) is 4.79 Å². The molecule has 3 aromatic rings. The molecule has 0 saturated heterocycles. The van der Waals surface area contributed by atoms with Crippen LogP contribution >= 0.6 is 11.3 Å². The van der Waals surface area contributed by atoms with Gasteiger partial charge in [0.15, 0.2) is 0 Å². The first-order chi connectivity index (χ1) is 11.9. The van der Waals surface area contributed by atoms with Crippen molar-refractivity contribution >= 4 is 17.2 Å². The van der Waals surface area contributed by atoms with E-state index in [-0.39, 0.29) is 5.91 Å². The highest BCUT2D eigenvalue weighted by molar-refractivity contribution is 7.13. The molecular weight excluding hydrogens is 328 g/mol. The van der Waals surface area contributed by atoms with Crippen LogP contribution in [0.15, 0.2) is 47.8 Å². The fourth-order valence-corrected chi connectivity index (χ4v) is 3.55. The third kappa shape index (κ3) is 3.97. The summed E-state index contributed by atoms with van der Waals surface area (Å²) in [5.74, 6) is -0.0467. The molecule has 128 valence electrons. The fraction of sp³-hybridized carbons (Fsp3) is 0.238. The van der Waals surface area contributed by atoms with Crippen molar-refractivity contribution < 1.29 is 4.79 Å². The van der Waals surface area contributed by atoms with Crippen molar-refractivity contribution in [3.63, 3.8) is 0 Å². The summed E-state index contributed by atoms with van der Waals surface area (Å²) in [4.78, 5) is 19.0. The van der Waals surface area contributed by atoms with Crippen molar-refractivity contribution in [1.82, 2.24) is 9.88 Å². The lowest BCUT2D eigenvalue weighted by Crippen LogP contribution is -2.26. The monoisotopic (exact) mass is 350 g/mol. The van der Waals surface area contributed by atoms with Gasteiger partial charge in [0.2, 0.25) is 0 Å². The lowest BCUT2D eigenvalue weighted by molar-refractivity contribution is 0.0780. The normalized spacial score (nSPS) is 10.7. The van der Waals surface area contributed by atoms with Gasteiger partial charge in [-0.2, -0.15) is 0 Å². The molecular formula is C21H22N2OS. The lowest BCUT2D eigenvalue weighted by atomic mass is 10.1. The van der Waals surface area contributed by atoms with Crippen LogP contribution in [0, 0.1) is 20.8 Å². The van der Waals surface area contributed by atoms with Gasteiger partial charge in [0.25, 0.3) is 5.91 Å². The zero-order valence-corrected chi connectivity index (χ0v) is 15.9. The molecule has 1 amide bonds. The molecule has 1 aromatic heterocycles. The van der Waals surface area contributed by atoms with Crippen LogP contribution in [0.4, 0.5) is 0 Å². The molecule has 0 N–H and O–H groups in total. The van der Waals surface area contributed by atoms with E-state index < -0.39 is 0 Å². The van der Waals surface area contributed by atoms with Crippen molar-refractivity contribution in [2.45, 2.75) is 27.3 Å². The van der Waals surface area contributed by atoms with Crippen LogP contribution in [-0.4, -0.2) is 22.8 Å². The number of carbonyl (C=O) groups is 1. The lowest BCUT2D eigenvalue weighted by Gasteiger charge is -2.17. The van der Waals surface area contributed by atoms with Crippen molar-refractivity contribution in [3.8, 4) is 10.6 Å². The predicted molar refractivity (Wildman–Crippen MR) is 104 cm³/mol. The van der Waals surface area contributed by atoms with Crippen LogP contribution in [0.3, 0.4) is 0 Å². The predicted octanol–water partition coefficient (Wildman–Crippen LogP) is 5.01. The Kier molecular flexibility index (Phi) is 5.00. The van der Waals surface area contributed by atoms with Gasteiger partial charge in [-0.15, -0.1) is 11.3 Å². The van der Waals surface area contributed by atoms with E-state index in [0.717, 1.165) is 16.1 Å². The van der Waals surface area contributed by atoms with E-state index in [1.165, 1.54) is 28.0 Å². The number of thiazole rings is 1. The summed E-state index contributed by atoms with van der Waals surface area (Å²) in [7, 11) is 1.83. The Morgan fingerprint density at radius 1 is 1.04 bits per heavy atom. The maximum Gasteiger partial charge on any atom is 0.273 e. The largest absolute Gasteiger partial charge is 0.336 e. The highest BCUT2D eigenvalue weighted by atomic mass is 32.1. The minimum Gasteiger partial charge on any atom is -0.336 e. The quantitative estimate of drug-likeness (QED) is 0.663. The van der Waals surface area contributed by atoms with Gasteiger partial charge in [-0.05, 0) is 31.9 Å². The minimum absolute atomic E-state index is 0.0467. The molecule has 0 aliphatic carbocycles. The van der Waals surface area contributed by atoms with Gasteiger partial charge >= 0.3 is 0 Å². The Bertz CT molecular complexity index is 897. The molecule has 0 unspecified atom stereocenters. The van der Waals surface area contributed by atoms with Gasteiger partial charge < -0.3 is 4.90 Å². The number of carbonyl (C=O) groups excluding carboxylic acids is 1. The van der Waals surface area contributed by atoms with E-state index in [0.29, 0.717) is 12.2 Å². The second kappa shape index (κ2) is 7.19. The topological polar surface area (TPSA) is 33.2 Å². The highest BCUT2D eigenvalue weighted by Gasteiger charge is 2.17. The van der Waals surface area contributed by atoms with Crippen molar-refractivity contribution in [2.75, 3.05) is 7.05 Å². The Labute approximate surface area is 153 Å². The molecule has 0 aliphatic rings. The second-order valence-corrected chi connectivity index (χ2v) is 7.35. The minimum atomic E-state index is -0.0467. The van der Waals surface area contributed by atoms with Crippen molar-refractivity contribution in [3.05, 3.63) is 75.8 Å². The van der Waals surface area contributed by atoms with Crippen LogP contribution in [0.2, 0.25) is 0 Å². The second-order valence-electron chi connectivity index (χ2n) is 6.50. The van der Waals surface area contributed by atoms with E-state index >= 15 is 0 Å². The number of aryl methyl sites for hydroxylation is 3. The number of aromatic nitrogens is 1. The smallest absolute Gasteiger partial charge is 0.273 e. The zero-order chi connectivity index (χ0) is 18.0. The van der Waals surface area contributed by atoms with Gasteiger partial charge in [-0.3, -0.25) is 4.79 Å². The van der Waals surface area contributed by atoms with Crippen molar-refractivity contribution in [1.29, 1.82) is 0 Å². The molecule has 0 aliphatic heterocycles. The fourth-order valence-electron chi connectivity index (χ4n) is 2.75. The van der Waals surface area contributed by atoms with Crippen LogP contribution in [0.25, 0.3) is 10.6 Å². The van der Waals surface area contributed by atoms with E-state index in [1.807, 2.05) is 24.6 Å². The molecule has 3 rings (SSSR count). The number of benzene rings is 2. The highest BCUT2D eigenvalue weighted by Crippen LogP contribution is 2.25. The standard InChI is InChI=1S/C21H22N2OS/c1-14-5-8-17(9-6-14)20-22-19(13-25-20)21(24)23(4)12-18-10-7-15(2)11-16(18)3/h5-11,13H,12H2,1-4H3. The molecule has 2 aromatic carbocycles. The number of nitrogens with zero attached hydrogens (tertiary/aromatic N) is 2. The molecule has 0 radical (unpaired) electrons. The SMILES string of the molecule is Cc1ccc(-c2nc(C(=O)N(C)Cc3ccc(C)cc3C)cs2)cc1. The molecule has 0 spiro atoms. The van der Waals surface area contributed by atoms with Gasteiger partial charge in [0, 0.05) is 24.5 Å². The van der Waals surface area contributed by atoms with E-state index in [1.54, 1.807) is 4.90 Å². The van der Waals surface area contributed by atoms with E-state index in [4.69, 9.17) is 0 Å².